The Labute approximate surface area is 137 Å². The molecule has 1 aromatic heterocycles. The molecule has 0 radical (unpaired) electrons. The molecule has 0 unspecified atom stereocenters. The molecule has 1 aliphatic heterocycles. The molecule has 0 atom stereocenters. The van der Waals surface area contributed by atoms with E-state index < -0.39 is 0 Å². The number of ether oxygens (including phenoxy) is 1. The summed E-state index contributed by atoms with van der Waals surface area (Å²) in [4.78, 5) is 28.0. The van der Waals surface area contributed by atoms with Crippen molar-refractivity contribution in [3.8, 4) is 5.75 Å². The fourth-order valence-electron chi connectivity index (χ4n) is 2.06. The summed E-state index contributed by atoms with van der Waals surface area (Å²) in [7, 11) is 0. The Kier molecular flexibility index (Phi) is 3.81. The smallest absolute Gasteiger partial charge is 0.262 e. The number of nitrogens with one attached hydrogen (secondary N) is 2. The monoisotopic (exact) mass is 331 g/mol. The van der Waals surface area contributed by atoms with Crippen LogP contribution in [0.1, 0.15) is 36.8 Å². The zero-order chi connectivity index (χ0) is 16.6. The van der Waals surface area contributed by atoms with E-state index in [1.54, 1.807) is 18.2 Å². The number of hydrogen-bond donors (Lipinski definition) is 2. The van der Waals surface area contributed by atoms with Crippen molar-refractivity contribution in [2.75, 3.05) is 17.2 Å². The molecule has 7 heteroatoms. The molecule has 0 aliphatic carbocycles. The molecular formula is C16H17N3O3S. The Morgan fingerprint density at radius 1 is 1.39 bits per heavy atom. The highest BCUT2D eigenvalue weighted by molar-refractivity contribution is 7.14. The van der Waals surface area contributed by atoms with E-state index in [0.717, 1.165) is 5.69 Å². The summed E-state index contributed by atoms with van der Waals surface area (Å²) >= 11 is 1.40. The van der Waals surface area contributed by atoms with Gasteiger partial charge in [0.25, 0.3) is 11.8 Å². The van der Waals surface area contributed by atoms with E-state index in [4.69, 9.17) is 4.74 Å². The number of benzene rings is 1. The van der Waals surface area contributed by atoms with E-state index in [2.05, 4.69) is 36.4 Å². The molecule has 2 heterocycles. The van der Waals surface area contributed by atoms with E-state index in [1.165, 1.54) is 11.3 Å². The summed E-state index contributed by atoms with van der Waals surface area (Å²) in [6.45, 7) is 6.17. The molecule has 3 rings (SSSR count). The number of carbonyl (C=O) groups is 2. The first-order valence-electron chi connectivity index (χ1n) is 7.17. The van der Waals surface area contributed by atoms with E-state index in [-0.39, 0.29) is 23.8 Å². The van der Waals surface area contributed by atoms with Gasteiger partial charge in [-0.05, 0) is 18.2 Å². The summed E-state index contributed by atoms with van der Waals surface area (Å²) in [5, 5.41) is 7.99. The highest BCUT2D eigenvalue weighted by Gasteiger charge is 2.20. The highest BCUT2D eigenvalue weighted by atomic mass is 32.1. The molecular weight excluding hydrogens is 314 g/mol. The second-order valence-electron chi connectivity index (χ2n) is 6.29. The van der Waals surface area contributed by atoms with Crippen molar-refractivity contribution >= 4 is 34.0 Å². The van der Waals surface area contributed by atoms with Crippen molar-refractivity contribution in [1.82, 2.24) is 4.98 Å². The van der Waals surface area contributed by atoms with Crippen molar-refractivity contribution in [3.63, 3.8) is 0 Å². The van der Waals surface area contributed by atoms with Crippen LogP contribution in [0.4, 0.5) is 10.8 Å². The third kappa shape index (κ3) is 3.34. The molecule has 0 spiro atoms. The zero-order valence-corrected chi connectivity index (χ0v) is 13.9. The zero-order valence-electron chi connectivity index (χ0n) is 13.1. The van der Waals surface area contributed by atoms with E-state index in [0.29, 0.717) is 22.1 Å². The quantitative estimate of drug-likeness (QED) is 0.886. The topological polar surface area (TPSA) is 80.3 Å². The Morgan fingerprint density at radius 2 is 2.17 bits per heavy atom. The van der Waals surface area contributed by atoms with Gasteiger partial charge in [0.1, 0.15) is 5.75 Å². The molecule has 0 bridgehead atoms. The molecule has 0 fully saturated rings. The standard InChI is InChI=1S/C16H17N3O3S/c1-16(2,3)12-8-23-15(18-12)19-14(21)9-4-5-10-11(6-9)22-7-13(20)17-10/h4-6,8H,7H2,1-3H3,(H,17,20)(H,18,19,21). The highest BCUT2D eigenvalue weighted by Crippen LogP contribution is 2.30. The van der Waals surface area contributed by atoms with Crippen LogP contribution in [0.2, 0.25) is 0 Å². The predicted octanol–water partition coefficient (Wildman–Crippen LogP) is 3.02. The van der Waals surface area contributed by atoms with Gasteiger partial charge in [-0.1, -0.05) is 20.8 Å². The second-order valence-corrected chi connectivity index (χ2v) is 7.15. The third-order valence-electron chi connectivity index (χ3n) is 3.37. The number of carbonyl (C=O) groups excluding carboxylic acids is 2. The van der Waals surface area contributed by atoms with Crippen molar-refractivity contribution in [2.45, 2.75) is 26.2 Å². The molecule has 2 amide bonds. The van der Waals surface area contributed by atoms with Gasteiger partial charge in [-0.3, -0.25) is 14.9 Å². The Hall–Kier alpha value is -2.41. The van der Waals surface area contributed by atoms with Crippen LogP contribution in [0.3, 0.4) is 0 Å². The Morgan fingerprint density at radius 3 is 2.87 bits per heavy atom. The molecule has 1 aromatic carbocycles. The molecule has 1 aliphatic rings. The number of amides is 2. The number of nitrogens with zero attached hydrogens (tertiary/aromatic N) is 1. The van der Waals surface area contributed by atoms with Gasteiger partial charge in [0.15, 0.2) is 11.7 Å². The second kappa shape index (κ2) is 5.66. The normalized spacial score (nSPS) is 13.8. The number of fused-ring (bicyclic) bond motifs is 1. The van der Waals surface area contributed by atoms with Gasteiger partial charge in [-0.15, -0.1) is 11.3 Å². The van der Waals surface area contributed by atoms with Gasteiger partial charge < -0.3 is 10.1 Å². The molecule has 6 nitrogen and oxygen atoms in total. The van der Waals surface area contributed by atoms with Gasteiger partial charge in [-0.25, -0.2) is 4.98 Å². The molecule has 2 aromatic rings. The fourth-order valence-corrected chi connectivity index (χ4v) is 2.99. The van der Waals surface area contributed by atoms with Crippen LogP contribution in [-0.4, -0.2) is 23.4 Å². The maximum Gasteiger partial charge on any atom is 0.262 e. The summed E-state index contributed by atoms with van der Waals surface area (Å²) in [5.41, 5.74) is 1.90. The Bertz CT molecular complexity index is 777. The van der Waals surface area contributed by atoms with Gasteiger partial charge in [0.05, 0.1) is 11.4 Å². The van der Waals surface area contributed by atoms with Gasteiger partial charge in [-0.2, -0.15) is 0 Å². The van der Waals surface area contributed by atoms with E-state index >= 15 is 0 Å². The van der Waals surface area contributed by atoms with Crippen LogP contribution >= 0.6 is 11.3 Å². The van der Waals surface area contributed by atoms with Crippen LogP contribution in [0.5, 0.6) is 5.75 Å². The summed E-state index contributed by atoms with van der Waals surface area (Å²) in [6.07, 6.45) is 0. The van der Waals surface area contributed by atoms with Gasteiger partial charge in [0.2, 0.25) is 0 Å². The van der Waals surface area contributed by atoms with Crippen LogP contribution in [0, 0.1) is 0 Å². The van der Waals surface area contributed by atoms with E-state index in [1.807, 2.05) is 5.38 Å². The minimum Gasteiger partial charge on any atom is -0.482 e. The van der Waals surface area contributed by atoms with Crippen molar-refractivity contribution < 1.29 is 14.3 Å². The summed E-state index contributed by atoms with van der Waals surface area (Å²) in [6, 6.07) is 4.91. The first-order chi connectivity index (χ1) is 10.8. The lowest BCUT2D eigenvalue weighted by Crippen LogP contribution is -2.25. The molecule has 23 heavy (non-hydrogen) atoms. The van der Waals surface area contributed by atoms with Crippen LogP contribution in [0.15, 0.2) is 23.6 Å². The minimum absolute atomic E-state index is 0.0422. The van der Waals surface area contributed by atoms with Crippen molar-refractivity contribution in [2.24, 2.45) is 0 Å². The average Bonchev–Trinajstić information content (AvgIpc) is 2.95. The maximum atomic E-state index is 12.3. The number of aromatic nitrogens is 1. The number of thiazole rings is 1. The lowest BCUT2D eigenvalue weighted by atomic mass is 9.93. The summed E-state index contributed by atoms with van der Waals surface area (Å²) < 4.78 is 5.32. The largest absolute Gasteiger partial charge is 0.482 e. The molecule has 0 saturated heterocycles. The van der Waals surface area contributed by atoms with Crippen LogP contribution in [-0.2, 0) is 10.2 Å². The first kappa shape index (κ1) is 15.5. The lowest BCUT2D eigenvalue weighted by molar-refractivity contribution is -0.118. The molecule has 0 saturated carbocycles. The van der Waals surface area contributed by atoms with Crippen molar-refractivity contribution in [3.05, 3.63) is 34.8 Å². The Balaban J connectivity index is 1.76. The number of anilines is 2. The minimum atomic E-state index is -0.261. The van der Waals surface area contributed by atoms with Crippen LogP contribution in [0.25, 0.3) is 0 Å². The SMILES string of the molecule is CC(C)(C)c1csc(NC(=O)c2ccc3c(c2)OCC(=O)N3)n1. The fraction of sp³-hybridized carbons (Fsp3) is 0.312. The van der Waals surface area contributed by atoms with Crippen LogP contribution < -0.4 is 15.4 Å². The number of hydrogen-bond acceptors (Lipinski definition) is 5. The van der Waals surface area contributed by atoms with E-state index in [9.17, 15) is 9.59 Å². The maximum absolute atomic E-state index is 12.3. The number of rotatable bonds is 2. The third-order valence-corrected chi connectivity index (χ3v) is 4.13. The first-order valence-corrected chi connectivity index (χ1v) is 8.05. The predicted molar refractivity (Wildman–Crippen MR) is 89.3 cm³/mol. The van der Waals surface area contributed by atoms with Gasteiger partial charge >= 0.3 is 0 Å². The van der Waals surface area contributed by atoms with Gasteiger partial charge in [0, 0.05) is 16.4 Å². The average molecular weight is 331 g/mol. The molecule has 2 N–H and O–H groups in total. The molecule has 120 valence electrons. The van der Waals surface area contributed by atoms with Crippen molar-refractivity contribution in [1.29, 1.82) is 0 Å². The lowest BCUT2D eigenvalue weighted by Gasteiger charge is -2.18. The summed E-state index contributed by atoms with van der Waals surface area (Å²) in [5.74, 6) is 0.0297.